The first kappa shape index (κ1) is 20.5. The molecule has 1 fully saturated rings. The van der Waals surface area contributed by atoms with Gasteiger partial charge in [0.25, 0.3) is 15.9 Å². The van der Waals surface area contributed by atoms with Crippen molar-refractivity contribution in [2.75, 3.05) is 40.3 Å². The van der Waals surface area contributed by atoms with E-state index in [-0.39, 0.29) is 10.8 Å². The number of rotatable bonds is 6. The van der Waals surface area contributed by atoms with Crippen molar-refractivity contribution in [3.05, 3.63) is 65.7 Å². The van der Waals surface area contributed by atoms with Gasteiger partial charge in [-0.25, -0.2) is 8.42 Å². The van der Waals surface area contributed by atoms with Gasteiger partial charge in [0.1, 0.15) is 0 Å². The highest BCUT2D eigenvalue weighted by molar-refractivity contribution is 7.89. The number of hydrogen-bond acceptors (Lipinski definition) is 5. The van der Waals surface area contributed by atoms with Crippen LogP contribution in [0.2, 0.25) is 0 Å². The average Bonchev–Trinajstić information content (AvgIpc) is 2.74. The second-order valence-corrected chi connectivity index (χ2v) is 8.61. The van der Waals surface area contributed by atoms with E-state index in [4.69, 9.17) is 4.84 Å². The van der Waals surface area contributed by atoms with Gasteiger partial charge in [-0.1, -0.05) is 34.8 Å². The van der Waals surface area contributed by atoms with E-state index >= 15 is 0 Å². The standard InChI is InChI=1S/C20H25N3O4S/c1-21(27-2)28(25,26)19-10-8-18(9-11-19)20(24)23-14-12-22(13-15-23)16-17-6-4-3-5-7-17/h3-11H,12-16H2,1-2H3. The average molecular weight is 404 g/mol. The lowest BCUT2D eigenvalue weighted by atomic mass is 10.1. The summed E-state index contributed by atoms with van der Waals surface area (Å²) in [5.74, 6) is -0.0802. The number of sulfonamides is 1. The molecule has 2 aromatic rings. The quantitative estimate of drug-likeness (QED) is 0.688. The number of piperazine rings is 1. The van der Waals surface area contributed by atoms with Crippen molar-refractivity contribution in [1.29, 1.82) is 0 Å². The number of hydrogen-bond donors (Lipinski definition) is 0. The molecule has 1 aliphatic rings. The molecule has 8 heteroatoms. The Hall–Kier alpha value is -2.26. The Labute approximate surface area is 166 Å². The summed E-state index contributed by atoms with van der Waals surface area (Å²) in [7, 11) is -1.11. The van der Waals surface area contributed by atoms with E-state index in [0.717, 1.165) is 24.1 Å². The molecule has 1 aliphatic heterocycles. The van der Waals surface area contributed by atoms with Crippen molar-refractivity contribution in [3.63, 3.8) is 0 Å². The van der Waals surface area contributed by atoms with Gasteiger partial charge >= 0.3 is 0 Å². The number of carbonyl (C=O) groups is 1. The first-order chi connectivity index (χ1) is 13.4. The molecule has 0 N–H and O–H groups in total. The van der Waals surface area contributed by atoms with Gasteiger partial charge in [-0.15, -0.1) is 0 Å². The molecule has 0 radical (unpaired) electrons. The van der Waals surface area contributed by atoms with Gasteiger partial charge in [-0.05, 0) is 29.8 Å². The Kier molecular flexibility index (Phi) is 6.46. The molecule has 150 valence electrons. The summed E-state index contributed by atoms with van der Waals surface area (Å²) in [6.45, 7) is 3.80. The molecule has 0 spiro atoms. The van der Waals surface area contributed by atoms with Crippen LogP contribution in [-0.2, 0) is 21.4 Å². The van der Waals surface area contributed by atoms with Gasteiger partial charge in [-0.2, -0.15) is 0 Å². The minimum atomic E-state index is -3.71. The van der Waals surface area contributed by atoms with E-state index in [9.17, 15) is 13.2 Å². The van der Waals surface area contributed by atoms with E-state index in [1.807, 2.05) is 23.1 Å². The Morgan fingerprint density at radius 3 is 2.18 bits per heavy atom. The summed E-state index contributed by atoms with van der Waals surface area (Å²) in [5, 5.41) is 0. The summed E-state index contributed by atoms with van der Waals surface area (Å²) < 4.78 is 25.3. The molecular weight excluding hydrogens is 378 g/mol. The third kappa shape index (κ3) is 4.59. The largest absolute Gasteiger partial charge is 0.336 e. The normalized spacial score (nSPS) is 15.8. The van der Waals surface area contributed by atoms with Crippen molar-refractivity contribution in [2.45, 2.75) is 11.4 Å². The van der Waals surface area contributed by atoms with Crippen molar-refractivity contribution in [2.24, 2.45) is 0 Å². The first-order valence-corrected chi connectivity index (χ1v) is 10.5. The second-order valence-electron chi connectivity index (χ2n) is 6.68. The third-order valence-corrected chi connectivity index (χ3v) is 6.60. The zero-order valence-corrected chi connectivity index (χ0v) is 16.9. The van der Waals surface area contributed by atoms with Crippen LogP contribution < -0.4 is 0 Å². The summed E-state index contributed by atoms with van der Waals surface area (Å²) in [5.41, 5.74) is 1.75. The molecule has 0 atom stereocenters. The Morgan fingerprint density at radius 2 is 1.61 bits per heavy atom. The van der Waals surface area contributed by atoms with Crippen molar-refractivity contribution in [1.82, 2.24) is 14.3 Å². The molecule has 1 heterocycles. The molecule has 1 amide bonds. The maximum Gasteiger partial charge on any atom is 0.264 e. The Bertz CT molecular complexity index is 893. The topological polar surface area (TPSA) is 70.2 Å². The van der Waals surface area contributed by atoms with E-state index in [0.29, 0.717) is 18.7 Å². The minimum absolute atomic E-state index is 0.0802. The second kappa shape index (κ2) is 8.83. The summed E-state index contributed by atoms with van der Waals surface area (Å²) in [4.78, 5) is 21.7. The number of nitrogens with zero attached hydrogens (tertiary/aromatic N) is 3. The van der Waals surface area contributed by atoms with E-state index in [2.05, 4.69) is 17.0 Å². The van der Waals surface area contributed by atoms with E-state index in [1.165, 1.54) is 31.9 Å². The lowest BCUT2D eigenvalue weighted by Crippen LogP contribution is -2.48. The maximum atomic E-state index is 12.7. The highest BCUT2D eigenvalue weighted by atomic mass is 32.2. The molecule has 0 aliphatic carbocycles. The van der Waals surface area contributed by atoms with Gasteiger partial charge < -0.3 is 4.90 Å². The van der Waals surface area contributed by atoms with Gasteiger partial charge in [0, 0.05) is 45.3 Å². The molecule has 0 bridgehead atoms. The molecule has 2 aromatic carbocycles. The van der Waals surface area contributed by atoms with Crippen LogP contribution in [0.25, 0.3) is 0 Å². The summed E-state index contributed by atoms with van der Waals surface area (Å²) in [6.07, 6.45) is 0. The first-order valence-electron chi connectivity index (χ1n) is 9.10. The lowest BCUT2D eigenvalue weighted by Gasteiger charge is -2.34. The number of benzene rings is 2. The maximum absolute atomic E-state index is 12.7. The van der Waals surface area contributed by atoms with Crippen LogP contribution in [0, 0.1) is 0 Å². The third-order valence-electron chi connectivity index (χ3n) is 4.90. The minimum Gasteiger partial charge on any atom is -0.336 e. The fourth-order valence-corrected chi connectivity index (χ4v) is 4.12. The number of amides is 1. The van der Waals surface area contributed by atoms with Gasteiger partial charge in [0.15, 0.2) is 0 Å². The molecule has 0 aromatic heterocycles. The molecule has 0 saturated carbocycles. The van der Waals surface area contributed by atoms with Gasteiger partial charge in [-0.3, -0.25) is 14.5 Å². The predicted molar refractivity (Wildman–Crippen MR) is 106 cm³/mol. The zero-order valence-electron chi connectivity index (χ0n) is 16.1. The highest BCUT2D eigenvalue weighted by Gasteiger charge is 2.24. The van der Waals surface area contributed by atoms with Crippen molar-refractivity contribution >= 4 is 15.9 Å². The van der Waals surface area contributed by atoms with Gasteiger partial charge in [0.2, 0.25) is 0 Å². The van der Waals surface area contributed by atoms with Crippen molar-refractivity contribution in [3.8, 4) is 0 Å². The lowest BCUT2D eigenvalue weighted by molar-refractivity contribution is -0.0258. The summed E-state index contributed by atoms with van der Waals surface area (Å²) in [6, 6.07) is 16.2. The molecule has 28 heavy (non-hydrogen) atoms. The van der Waals surface area contributed by atoms with Crippen LogP contribution in [0.4, 0.5) is 0 Å². The Morgan fingerprint density at radius 1 is 1.00 bits per heavy atom. The van der Waals surface area contributed by atoms with Crippen LogP contribution >= 0.6 is 0 Å². The predicted octanol–water partition coefficient (Wildman–Crippen LogP) is 1.83. The SMILES string of the molecule is CON(C)S(=O)(=O)c1ccc(C(=O)N2CCN(Cc3ccccc3)CC2)cc1. The van der Waals surface area contributed by atoms with Crippen LogP contribution in [0.1, 0.15) is 15.9 Å². The van der Waals surface area contributed by atoms with Crippen LogP contribution in [0.15, 0.2) is 59.5 Å². The molecule has 7 nitrogen and oxygen atoms in total. The monoisotopic (exact) mass is 403 g/mol. The number of hydroxylamine groups is 1. The van der Waals surface area contributed by atoms with Gasteiger partial charge in [0.05, 0.1) is 12.0 Å². The molecule has 1 saturated heterocycles. The number of carbonyl (C=O) groups excluding carboxylic acids is 1. The van der Waals surface area contributed by atoms with Crippen LogP contribution in [0.3, 0.4) is 0 Å². The molecule has 0 unspecified atom stereocenters. The fraction of sp³-hybridized carbons (Fsp3) is 0.350. The molecular formula is C20H25N3O4S. The zero-order chi connectivity index (χ0) is 20.1. The Balaban J connectivity index is 1.59. The van der Waals surface area contributed by atoms with E-state index < -0.39 is 10.0 Å². The smallest absolute Gasteiger partial charge is 0.264 e. The summed E-state index contributed by atoms with van der Waals surface area (Å²) >= 11 is 0. The fourth-order valence-electron chi connectivity index (χ4n) is 3.15. The van der Waals surface area contributed by atoms with E-state index in [1.54, 1.807) is 12.1 Å². The van der Waals surface area contributed by atoms with Crippen LogP contribution in [-0.4, -0.2) is 68.9 Å². The highest BCUT2D eigenvalue weighted by Crippen LogP contribution is 2.17. The van der Waals surface area contributed by atoms with Crippen molar-refractivity contribution < 1.29 is 18.0 Å². The van der Waals surface area contributed by atoms with Crippen LogP contribution in [0.5, 0.6) is 0 Å². The molecule has 3 rings (SSSR count).